The molecule has 0 fully saturated rings. The Labute approximate surface area is 117 Å². The molecular formula is C14H18N4O2. The minimum absolute atomic E-state index is 0.0217. The van der Waals surface area contributed by atoms with E-state index in [2.05, 4.69) is 28.6 Å². The maximum atomic E-state index is 12.4. The van der Waals surface area contributed by atoms with E-state index < -0.39 is 0 Å². The molecule has 0 spiro atoms. The second-order valence-electron chi connectivity index (χ2n) is 5.41. The number of aromatic nitrogens is 3. The van der Waals surface area contributed by atoms with Crippen LogP contribution in [0.4, 0.5) is 0 Å². The van der Waals surface area contributed by atoms with Crippen molar-refractivity contribution in [2.75, 3.05) is 6.54 Å². The van der Waals surface area contributed by atoms with E-state index >= 15 is 0 Å². The van der Waals surface area contributed by atoms with Gasteiger partial charge in [-0.25, -0.2) is 0 Å². The summed E-state index contributed by atoms with van der Waals surface area (Å²) in [6.45, 7) is 7.59. The lowest BCUT2D eigenvalue weighted by Gasteiger charge is -2.33. The minimum Gasteiger partial charge on any atom is -0.472 e. The van der Waals surface area contributed by atoms with Gasteiger partial charge in [0.05, 0.1) is 17.9 Å². The monoisotopic (exact) mass is 274 g/mol. The van der Waals surface area contributed by atoms with Crippen LogP contribution in [0.1, 0.15) is 54.7 Å². The Morgan fingerprint density at radius 1 is 1.40 bits per heavy atom. The molecule has 6 nitrogen and oxygen atoms in total. The maximum absolute atomic E-state index is 12.4. The second kappa shape index (κ2) is 4.77. The summed E-state index contributed by atoms with van der Waals surface area (Å²) in [5.74, 6) is 2.16. The van der Waals surface area contributed by atoms with E-state index in [9.17, 15) is 4.79 Å². The molecule has 0 N–H and O–H groups in total. The average Bonchev–Trinajstić information content (AvgIpc) is 3.08. The first kappa shape index (κ1) is 12.9. The van der Waals surface area contributed by atoms with Gasteiger partial charge in [0.15, 0.2) is 5.82 Å². The number of rotatable bonds is 2. The van der Waals surface area contributed by atoms with Gasteiger partial charge < -0.3 is 13.9 Å². The molecule has 3 heterocycles. The van der Waals surface area contributed by atoms with Crippen LogP contribution in [-0.4, -0.2) is 32.1 Å². The van der Waals surface area contributed by atoms with E-state index in [4.69, 9.17) is 4.42 Å². The summed E-state index contributed by atoms with van der Waals surface area (Å²) in [6, 6.07) is 1.61. The summed E-state index contributed by atoms with van der Waals surface area (Å²) in [6.07, 6.45) is 3.00. The molecular weight excluding hydrogens is 256 g/mol. The Hall–Kier alpha value is -2.11. The molecule has 0 aromatic carbocycles. The maximum Gasteiger partial charge on any atom is 0.257 e. The summed E-state index contributed by atoms with van der Waals surface area (Å²) < 4.78 is 7.12. The summed E-state index contributed by atoms with van der Waals surface area (Å²) in [5, 5.41) is 8.53. The zero-order valence-electron chi connectivity index (χ0n) is 11.9. The van der Waals surface area contributed by atoms with Gasteiger partial charge in [0.25, 0.3) is 5.91 Å². The van der Waals surface area contributed by atoms with Crippen LogP contribution in [0, 0.1) is 0 Å². The van der Waals surface area contributed by atoms with Crippen molar-refractivity contribution in [3.05, 3.63) is 35.8 Å². The third-order valence-corrected chi connectivity index (χ3v) is 3.76. The van der Waals surface area contributed by atoms with E-state index in [0.717, 1.165) is 18.2 Å². The Bertz CT molecular complexity index is 615. The van der Waals surface area contributed by atoms with E-state index in [1.807, 2.05) is 11.8 Å². The lowest BCUT2D eigenvalue weighted by Crippen LogP contribution is -2.41. The SMILES string of the molecule is CC(C)c1nnc2n1CCN(C(=O)c1ccoc1)[C@H]2C. The molecule has 0 saturated carbocycles. The molecule has 1 aliphatic heterocycles. The van der Waals surface area contributed by atoms with Crippen LogP contribution < -0.4 is 0 Å². The van der Waals surface area contributed by atoms with Gasteiger partial charge in [0, 0.05) is 19.0 Å². The molecule has 2 aromatic heterocycles. The van der Waals surface area contributed by atoms with E-state index in [1.54, 1.807) is 6.07 Å². The smallest absolute Gasteiger partial charge is 0.257 e. The van der Waals surface area contributed by atoms with Gasteiger partial charge in [-0.05, 0) is 13.0 Å². The fraction of sp³-hybridized carbons (Fsp3) is 0.500. The lowest BCUT2D eigenvalue weighted by atomic mass is 10.1. The van der Waals surface area contributed by atoms with Gasteiger partial charge in [-0.2, -0.15) is 0 Å². The zero-order valence-corrected chi connectivity index (χ0v) is 11.9. The Morgan fingerprint density at radius 2 is 2.20 bits per heavy atom. The van der Waals surface area contributed by atoms with Crippen molar-refractivity contribution in [3.63, 3.8) is 0 Å². The Balaban J connectivity index is 1.90. The highest BCUT2D eigenvalue weighted by atomic mass is 16.3. The Morgan fingerprint density at radius 3 is 2.85 bits per heavy atom. The van der Waals surface area contributed by atoms with Crippen LogP contribution in [0.2, 0.25) is 0 Å². The van der Waals surface area contributed by atoms with E-state index in [1.165, 1.54) is 12.5 Å². The molecule has 0 bridgehead atoms. The number of hydrogen-bond acceptors (Lipinski definition) is 4. The van der Waals surface area contributed by atoms with Gasteiger partial charge in [-0.1, -0.05) is 13.8 Å². The van der Waals surface area contributed by atoms with Gasteiger partial charge in [0.1, 0.15) is 12.1 Å². The van der Waals surface area contributed by atoms with Crippen molar-refractivity contribution >= 4 is 5.91 Å². The molecule has 1 amide bonds. The highest BCUT2D eigenvalue weighted by Crippen LogP contribution is 2.27. The van der Waals surface area contributed by atoms with Crippen molar-refractivity contribution in [2.24, 2.45) is 0 Å². The summed E-state index contributed by atoms with van der Waals surface area (Å²) in [5.41, 5.74) is 0.578. The largest absolute Gasteiger partial charge is 0.472 e. The number of amides is 1. The third kappa shape index (κ3) is 1.92. The summed E-state index contributed by atoms with van der Waals surface area (Å²) in [7, 11) is 0. The summed E-state index contributed by atoms with van der Waals surface area (Å²) >= 11 is 0. The predicted molar refractivity (Wildman–Crippen MR) is 72.3 cm³/mol. The van der Waals surface area contributed by atoms with Gasteiger partial charge in [0.2, 0.25) is 0 Å². The first-order valence-electron chi connectivity index (χ1n) is 6.85. The number of furan rings is 1. The lowest BCUT2D eigenvalue weighted by molar-refractivity contribution is 0.0635. The topological polar surface area (TPSA) is 64.2 Å². The van der Waals surface area contributed by atoms with Crippen LogP contribution in [0.5, 0.6) is 0 Å². The molecule has 3 rings (SSSR count). The third-order valence-electron chi connectivity index (χ3n) is 3.76. The average molecular weight is 274 g/mol. The first-order valence-corrected chi connectivity index (χ1v) is 6.85. The van der Waals surface area contributed by atoms with Crippen LogP contribution in [0.15, 0.2) is 23.0 Å². The van der Waals surface area contributed by atoms with E-state index in [-0.39, 0.29) is 11.9 Å². The predicted octanol–water partition coefficient (Wildman–Crippen LogP) is 2.21. The van der Waals surface area contributed by atoms with Crippen LogP contribution in [0.25, 0.3) is 0 Å². The minimum atomic E-state index is -0.0776. The second-order valence-corrected chi connectivity index (χ2v) is 5.41. The number of fused-ring (bicyclic) bond motifs is 1. The van der Waals surface area contributed by atoms with Crippen molar-refractivity contribution in [1.29, 1.82) is 0 Å². The number of carbonyl (C=O) groups excluding carboxylic acids is 1. The quantitative estimate of drug-likeness (QED) is 0.842. The van der Waals surface area contributed by atoms with Crippen molar-refractivity contribution in [2.45, 2.75) is 39.3 Å². The van der Waals surface area contributed by atoms with Crippen LogP contribution in [-0.2, 0) is 6.54 Å². The number of carbonyl (C=O) groups is 1. The number of nitrogens with zero attached hydrogens (tertiary/aromatic N) is 4. The molecule has 20 heavy (non-hydrogen) atoms. The normalized spacial score (nSPS) is 18.4. The standard InChI is InChI=1S/C14H18N4O2/c1-9(2)12-15-16-13-10(3)17(5-6-18(12)13)14(19)11-4-7-20-8-11/h4,7-10H,5-6H2,1-3H3/t10-/m0/s1. The molecule has 0 unspecified atom stereocenters. The van der Waals surface area contributed by atoms with Crippen molar-refractivity contribution in [3.8, 4) is 0 Å². The molecule has 2 aromatic rings. The fourth-order valence-corrected chi connectivity index (χ4v) is 2.66. The van der Waals surface area contributed by atoms with Crippen LogP contribution >= 0.6 is 0 Å². The molecule has 1 aliphatic rings. The van der Waals surface area contributed by atoms with Crippen molar-refractivity contribution in [1.82, 2.24) is 19.7 Å². The molecule has 6 heteroatoms. The highest BCUT2D eigenvalue weighted by molar-refractivity contribution is 5.94. The Kier molecular flexibility index (Phi) is 3.08. The fourth-order valence-electron chi connectivity index (χ4n) is 2.66. The van der Waals surface area contributed by atoms with Crippen molar-refractivity contribution < 1.29 is 9.21 Å². The molecule has 0 saturated heterocycles. The molecule has 1 atom stereocenters. The van der Waals surface area contributed by atoms with Gasteiger partial charge in [-0.3, -0.25) is 4.79 Å². The van der Waals surface area contributed by atoms with Gasteiger partial charge in [-0.15, -0.1) is 10.2 Å². The molecule has 106 valence electrons. The molecule has 0 radical (unpaired) electrons. The zero-order chi connectivity index (χ0) is 14.3. The summed E-state index contributed by atoms with van der Waals surface area (Å²) in [4.78, 5) is 14.2. The molecule has 0 aliphatic carbocycles. The highest BCUT2D eigenvalue weighted by Gasteiger charge is 2.32. The first-order chi connectivity index (χ1) is 9.59. The van der Waals surface area contributed by atoms with Crippen LogP contribution in [0.3, 0.4) is 0 Å². The number of hydrogen-bond donors (Lipinski definition) is 0. The van der Waals surface area contributed by atoms with E-state index in [0.29, 0.717) is 18.0 Å². The van der Waals surface area contributed by atoms with Gasteiger partial charge >= 0.3 is 0 Å².